The van der Waals surface area contributed by atoms with E-state index in [0.29, 0.717) is 11.9 Å². The Hall–Kier alpha value is -2.37. The SMILES string of the molecule is CC[C@H]1O[C@@H](n2cnc3c(N)nc(Cl)nc32)[C@@H](F)[C@@H]1OC(=S)n1ccnc1. The number of alkyl halides is 1. The molecule has 0 unspecified atom stereocenters. The maximum absolute atomic E-state index is 15.3. The predicted octanol–water partition coefficient (Wildman–Crippen LogP) is 2.12. The first-order valence-electron chi connectivity index (χ1n) is 8.13. The topological polar surface area (TPSA) is 106 Å². The number of nitrogens with two attached hydrogens (primary N) is 1. The van der Waals surface area contributed by atoms with E-state index < -0.39 is 24.6 Å². The summed E-state index contributed by atoms with van der Waals surface area (Å²) in [4.78, 5) is 16.0. The molecule has 3 aromatic rings. The van der Waals surface area contributed by atoms with Crippen molar-refractivity contribution in [2.45, 2.75) is 38.0 Å². The van der Waals surface area contributed by atoms with Crippen molar-refractivity contribution in [2.75, 3.05) is 5.73 Å². The fraction of sp³-hybridized carbons (Fsp3) is 0.400. The highest BCUT2D eigenvalue weighted by Gasteiger charge is 2.48. The molecule has 1 aliphatic rings. The summed E-state index contributed by atoms with van der Waals surface area (Å²) in [5.74, 6) is 0.110. The van der Waals surface area contributed by atoms with Crippen LogP contribution in [-0.2, 0) is 9.47 Å². The number of hydrogen-bond donors (Lipinski definition) is 1. The van der Waals surface area contributed by atoms with Gasteiger partial charge in [0, 0.05) is 12.4 Å². The maximum atomic E-state index is 15.3. The van der Waals surface area contributed by atoms with Crippen molar-refractivity contribution in [2.24, 2.45) is 0 Å². The van der Waals surface area contributed by atoms with Gasteiger partial charge in [0.15, 0.2) is 30.0 Å². The lowest BCUT2D eigenvalue weighted by molar-refractivity contribution is -0.0228. The number of nitrogens with zero attached hydrogens (tertiary/aromatic N) is 6. The number of aromatic nitrogens is 6. The van der Waals surface area contributed by atoms with Crippen molar-refractivity contribution in [3.63, 3.8) is 0 Å². The molecule has 142 valence electrons. The average Bonchev–Trinajstić information content (AvgIpc) is 3.35. The normalized spacial score (nSPS) is 25.1. The molecule has 1 saturated heterocycles. The third kappa shape index (κ3) is 3.11. The summed E-state index contributed by atoms with van der Waals surface area (Å²) in [5.41, 5.74) is 6.41. The van der Waals surface area contributed by atoms with Gasteiger partial charge in [0.2, 0.25) is 5.28 Å². The van der Waals surface area contributed by atoms with E-state index in [4.69, 9.17) is 39.0 Å². The number of hydrogen-bond acceptors (Lipinski definition) is 8. The minimum Gasteiger partial charge on any atom is -0.461 e. The standard InChI is InChI=1S/C15H15ClFN7O2S/c1-2-7-10(26-15(27)23-4-3-19-5-23)8(17)13(25-7)24-6-20-9-11(18)21-14(16)22-12(9)24/h3-8,10,13H,2H2,1H3,(H2,18,21,22)/t7-,8+,10-,13-/m1/s1. The molecule has 4 atom stereocenters. The second kappa shape index (κ2) is 6.98. The highest BCUT2D eigenvalue weighted by Crippen LogP contribution is 2.37. The van der Waals surface area contributed by atoms with Gasteiger partial charge in [-0.3, -0.25) is 9.13 Å². The van der Waals surface area contributed by atoms with E-state index in [2.05, 4.69) is 19.9 Å². The summed E-state index contributed by atoms with van der Waals surface area (Å²) in [6.07, 6.45) is 2.62. The number of anilines is 1. The van der Waals surface area contributed by atoms with Crippen molar-refractivity contribution in [1.82, 2.24) is 29.1 Å². The van der Waals surface area contributed by atoms with Crippen LogP contribution >= 0.6 is 23.8 Å². The molecule has 1 aliphatic heterocycles. The molecule has 4 heterocycles. The Morgan fingerprint density at radius 1 is 1.44 bits per heavy atom. The predicted molar refractivity (Wildman–Crippen MR) is 98.9 cm³/mol. The van der Waals surface area contributed by atoms with Crippen LogP contribution in [0.3, 0.4) is 0 Å². The molecule has 0 amide bonds. The van der Waals surface area contributed by atoms with Gasteiger partial charge in [-0.1, -0.05) is 6.92 Å². The second-order valence-electron chi connectivity index (χ2n) is 5.94. The number of halogens is 2. The number of imidazole rings is 2. The third-order valence-corrected chi connectivity index (χ3v) is 4.79. The fourth-order valence-corrected chi connectivity index (χ4v) is 3.42. The van der Waals surface area contributed by atoms with E-state index in [0.717, 1.165) is 0 Å². The van der Waals surface area contributed by atoms with Gasteiger partial charge in [0.05, 0.1) is 6.33 Å². The van der Waals surface area contributed by atoms with E-state index in [1.165, 1.54) is 21.8 Å². The Morgan fingerprint density at radius 2 is 2.26 bits per heavy atom. The quantitative estimate of drug-likeness (QED) is 0.516. The zero-order valence-corrected chi connectivity index (χ0v) is 15.6. The van der Waals surface area contributed by atoms with Gasteiger partial charge < -0.3 is 15.2 Å². The van der Waals surface area contributed by atoms with Crippen LogP contribution in [0.25, 0.3) is 11.2 Å². The molecule has 0 radical (unpaired) electrons. The van der Waals surface area contributed by atoms with Crippen molar-refractivity contribution in [3.8, 4) is 0 Å². The smallest absolute Gasteiger partial charge is 0.269 e. The molecule has 27 heavy (non-hydrogen) atoms. The molecular formula is C15H15ClFN7O2S. The summed E-state index contributed by atoms with van der Waals surface area (Å²) in [6, 6.07) is 0. The zero-order chi connectivity index (χ0) is 19.1. The van der Waals surface area contributed by atoms with Crippen LogP contribution in [0.2, 0.25) is 5.28 Å². The third-order valence-electron chi connectivity index (χ3n) is 4.32. The molecule has 12 heteroatoms. The molecule has 0 bridgehead atoms. The van der Waals surface area contributed by atoms with Gasteiger partial charge in [-0.15, -0.1) is 0 Å². The van der Waals surface area contributed by atoms with Crippen LogP contribution in [0, 0.1) is 0 Å². The zero-order valence-electron chi connectivity index (χ0n) is 14.1. The Balaban J connectivity index is 1.64. The van der Waals surface area contributed by atoms with Crippen molar-refractivity contribution in [3.05, 3.63) is 30.3 Å². The lowest BCUT2D eigenvalue weighted by Gasteiger charge is -2.20. The number of thiocarbonyl (C=S) groups is 1. The average molecular weight is 412 g/mol. The van der Waals surface area contributed by atoms with Gasteiger partial charge in [0.25, 0.3) is 5.17 Å². The molecule has 0 aliphatic carbocycles. The van der Waals surface area contributed by atoms with Gasteiger partial charge in [-0.05, 0) is 30.2 Å². The van der Waals surface area contributed by atoms with Crippen LogP contribution in [0.5, 0.6) is 0 Å². The number of rotatable bonds is 3. The highest BCUT2D eigenvalue weighted by molar-refractivity contribution is 7.80. The molecule has 1 fully saturated rings. The van der Waals surface area contributed by atoms with Gasteiger partial charge >= 0.3 is 0 Å². The first kappa shape index (κ1) is 18.0. The molecule has 0 aromatic carbocycles. The lowest BCUT2D eigenvalue weighted by atomic mass is 10.1. The van der Waals surface area contributed by atoms with Crippen molar-refractivity contribution >= 4 is 46.0 Å². The minimum atomic E-state index is -1.52. The number of nitrogen functional groups attached to an aromatic ring is 1. The van der Waals surface area contributed by atoms with Crippen LogP contribution in [0.1, 0.15) is 19.6 Å². The van der Waals surface area contributed by atoms with E-state index in [9.17, 15) is 0 Å². The summed E-state index contributed by atoms with van der Waals surface area (Å²) in [6.45, 7) is 1.87. The number of ether oxygens (including phenoxy) is 2. The monoisotopic (exact) mass is 411 g/mol. The summed E-state index contributed by atoms with van der Waals surface area (Å²) in [7, 11) is 0. The molecule has 9 nitrogen and oxygen atoms in total. The lowest BCUT2D eigenvalue weighted by Crippen LogP contribution is -2.34. The largest absolute Gasteiger partial charge is 0.461 e. The van der Waals surface area contributed by atoms with Crippen LogP contribution in [0.15, 0.2) is 25.0 Å². The number of fused-ring (bicyclic) bond motifs is 1. The Labute approximate surface area is 163 Å². The van der Waals surface area contributed by atoms with E-state index in [1.807, 2.05) is 6.92 Å². The molecule has 0 spiro atoms. The van der Waals surface area contributed by atoms with Crippen LogP contribution in [-0.4, -0.2) is 52.6 Å². The Morgan fingerprint density at radius 3 is 2.96 bits per heavy atom. The molecule has 3 aromatic heterocycles. The van der Waals surface area contributed by atoms with Crippen LogP contribution in [0.4, 0.5) is 10.2 Å². The Kier molecular flexibility index (Phi) is 4.66. The van der Waals surface area contributed by atoms with Crippen molar-refractivity contribution < 1.29 is 13.9 Å². The summed E-state index contributed by atoms with van der Waals surface area (Å²) >= 11 is 11.1. The summed E-state index contributed by atoms with van der Waals surface area (Å²) in [5, 5.41) is 0.0317. The second-order valence-corrected chi connectivity index (χ2v) is 6.63. The van der Waals surface area contributed by atoms with Gasteiger partial charge in [-0.25, -0.2) is 14.4 Å². The summed E-state index contributed by atoms with van der Waals surface area (Å²) < 4.78 is 29.8. The molecular weight excluding hydrogens is 397 g/mol. The molecule has 2 N–H and O–H groups in total. The van der Waals surface area contributed by atoms with Crippen molar-refractivity contribution in [1.29, 1.82) is 0 Å². The molecule has 4 rings (SSSR count). The van der Waals surface area contributed by atoms with Gasteiger partial charge in [0.1, 0.15) is 17.9 Å². The van der Waals surface area contributed by atoms with Crippen LogP contribution < -0.4 is 5.73 Å². The first-order chi connectivity index (χ1) is 13.0. The molecule has 0 saturated carbocycles. The Bertz CT molecular complexity index is 982. The van der Waals surface area contributed by atoms with E-state index >= 15 is 4.39 Å². The fourth-order valence-electron chi connectivity index (χ4n) is 3.03. The minimum absolute atomic E-state index is 0.0590. The first-order valence-corrected chi connectivity index (χ1v) is 8.92. The van der Waals surface area contributed by atoms with Gasteiger partial charge in [-0.2, -0.15) is 9.97 Å². The highest BCUT2D eigenvalue weighted by atomic mass is 35.5. The van der Waals surface area contributed by atoms with E-state index in [1.54, 1.807) is 12.4 Å². The maximum Gasteiger partial charge on any atom is 0.269 e. The van der Waals surface area contributed by atoms with E-state index in [-0.39, 0.29) is 21.9 Å².